The summed E-state index contributed by atoms with van der Waals surface area (Å²) in [7, 11) is 0. The average Bonchev–Trinajstić information content (AvgIpc) is 3.02. The van der Waals surface area contributed by atoms with Crippen molar-refractivity contribution in [2.45, 2.75) is 32.1 Å². The van der Waals surface area contributed by atoms with E-state index in [2.05, 4.69) is 31.2 Å². The van der Waals surface area contributed by atoms with E-state index in [1.807, 2.05) is 56.3 Å². The molecule has 7 rings (SSSR count). The van der Waals surface area contributed by atoms with Gasteiger partial charge < -0.3 is 0 Å². The molecule has 1 fully saturated rings. The molecule has 1 saturated heterocycles. The van der Waals surface area contributed by atoms with Crippen molar-refractivity contribution in [2.75, 3.05) is 4.90 Å². The molecule has 4 aliphatic rings. The van der Waals surface area contributed by atoms with Crippen LogP contribution >= 0.6 is 0 Å². The van der Waals surface area contributed by atoms with E-state index in [0.717, 1.165) is 16.8 Å². The smallest absolute Gasteiger partial charge is 0.238 e. The highest BCUT2D eigenvalue weighted by molar-refractivity contribution is 6.24. The van der Waals surface area contributed by atoms with Crippen LogP contribution in [0.2, 0.25) is 0 Å². The van der Waals surface area contributed by atoms with E-state index < -0.39 is 5.41 Å². The zero-order valence-electron chi connectivity index (χ0n) is 17.3. The molecule has 0 spiro atoms. The van der Waals surface area contributed by atoms with Gasteiger partial charge >= 0.3 is 0 Å². The summed E-state index contributed by atoms with van der Waals surface area (Å²) in [5.41, 5.74) is 7.08. The van der Waals surface area contributed by atoms with Gasteiger partial charge in [0, 0.05) is 11.3 Å². The second kappa shape index (κ2) is 5.69. The van der Waals surface area contributed by atoms with Gasteiger partial charge in [-0.15, -0.1) is 0 Å². The minimum Gasteiger partial charge on any atom is -0.274 e. The molecular formula is C27H23NO2. The lowest BCUT2D eigenvalue weighted by molar-refractivity contribution is -0.123. The molecule has 0 radical (unpaired) electrons. The van der Waals surface area contributed by atoms with Crippen molar-refractivity contribution >= 4 is 17.5 Å². The molecular weight excluding hydrogens is 370 g/mol. The number of nitrogens with zero attached hydrogens (tertiary/aromatic N) is 1. The fourth-order valence-corrected chi connectivity index (χ4v) is 6.37. The Bertz CT molecular complexity index is 1210. The second-order valence-electron chi connectivity index (χ2n) is 9.09. The van der Waals surface area contributed by atoms with Crippen molar-refractivity contribution in [2.24, 2.45) is 11.8 Å². The molecule has 1 heterocycles. The van der Waals surface area contributed by atoms with Crippen LogP contribution in [0.5, 0.6) is 0 Å². The van der Waals surface area contributed by atoms with E-state index in [-0.39, 0.29) is 29.6 Å². The van der Waals surface area contributed by atoms with Crippen molar-refractivity contribution < 1.29 is 9.59 Å². The molecule has 30 heavy (non-hydrogen) atoms. The van der Waals surface area contributed by atoms with Crippen molar-refractivity contribution in [1.29, 1.82) is 0 Å². The first-order valence-corrected chi connectivity index (χ1v) is 10.6. The van der Waals surface area contributed by atoms with Crippen molar-refractivity contribution in [3.05, 3.63) is 100 Å². The molecule has 2 atom stereocenters. The summed E-state index contributed by atoms with van der Waals surface area (Å²) in [6, 6.07) is 22.6. The number of carbonyl (C=O) groups excluding carboxylic acids is 2. The largest absolute Gasteiger partial charge is 0.274 e. The van der Waals surface area contributed by atoms with E-state index in [4.69, 9.17) is 0 Å². The zero-order valence-corrected chi connectivity index (χ0v) is 17.3. The molecule has 0 aromatic heterocycles. The fraction of sp³-hybridized carbons (Fsp3) is 0.259. The first-order chi connectivity index (χ1) is 14.5. The van der Waals surface area contributed by atoms with Gasteiger partial charge in [0.15, 0.2) is 0 Å². The normalized spacial score (nSPS) is 28.4. The quantitative estimate of drug-likeness (QED) is 0.553. The third-order valence-electron chi connectivity index (χ3n) is 7.86. The number of hydrogen-bond acceptors (Lipinski definition) is 2. The Morgan fingerprint density at radius 2 is 1.37 bits per heavy atom. The van der Waals surface area contributed by atoms with E-state index in [1.165, 1.54) is 27.2 Å². The van der Waals surface area contributed by atoms with Crippen LogP contribution in [0.3, 0.4) is 0 Å². The maximum Gasteiger partial charge on any atom is 0.238 e. The highest BCUT2D eigenvalue weighted by Gasteiger charge is 2.66. The summed E-state index contributed by atoms with van der Waals surface area (Å²) >= 11 is 0. The van der Waals surface area contributed by atoms with Crippen LogP contribution in [0.4, 0.5) is 5.69 Å². The van der Waals surface area contributed by atoms with Crippen molar-refractivity contribution in [1.82, 2.24) is 0 Å². The second-order valence-corrected chi connectivity index (χ2v) is 9.09. The lowest BCUT2D eigenvalue weighted by Gasteiger charge is -2.52. The van der Waals surface area contributed by atoms with Crippen molar-refractivity contribution in [3.63, 3.8) is 0 Å². The van der Waals surface area contributed by atoms with E-state index in [0.29, 0.717) is 0 Å². The van der Waals surface area contributed by atoms with Crippen molar-refractivity contribution in [3.8, 4) is 0 Å². The lowest BCUT2D eigenvalue weighted by atomic mass is 9.48. The summed E-state index contributed by atoms with van der Waals surface area (Å²) in [6.45, 7) is 6.18. The number of hydrogen-bond donors (Lipinski definition) is 0. The van der Waals surface area contributed by atoms with Gasteiger partial charge in [0.05, 0.1) is 17.5 Å². The Hall–Kier alpha value is -3.20. The molecule has 148 valence electrons. The number of carbonyl (C=O) groups is 2. The van der Waals surface area contributed by atoms with Crippen LogP contribution < -0.4 is 4.90 Å². The summed E-state index contributed by atoms with van der Waals surface area (Å²) < 4.78 is 0. The first-order valence-electron chi connectivity index (χ1n) is 10.6. The molecule has 0 N–H and O–H groups in total. The number of anilines is 1. The minimum atomic E-state index is -0.508. The predicted octanol–water partition coefficient (Wildman–Crippen LogP) is 4.87. The Kier molecular flexibility index (Phi) is 3.35. The summed E-state index contributed by atoms with van der Waals surface area (Å²) in [5, 5.41) is 0. The van der Waals surface area contributed by atoms with Crippen LogP contribution in [-0.2, 0) is 15.0 Å². The lowest BCUT2D eigenvalue weighted by Crippen LogP contribution is -2.51. The Labute approximate surface area is 176 Å². The van der Waals surface area contributed by atoms with Gasteiger partial charge in [0.2, 0.25) is 11.8 Å². The topological polar surface area (TPSA) is 37.4 Å². The van der Waals surface area contributed by atoms with Gasteiger partial charge in [-0.3, -0.25) is 9.59 Å². The van der Waals surface area contributed by atoms with Gasteiger partial charge in [-0.1, -0.05) is 67.6 Å². The molecule has 2 amide bonds. The van der Waals surface area contributed by atoms with E-state index in [9.17, 15) is 9.59 Å². The fourth-order valence-electron chi connectivity index (χ4n) is 6.37. The maximum absolute atomic E-state index is 13.9. The number of amides is 2. The number of aryl methyl sites for hydroxylation is 1. The number of imide groups is 1. The molecule has 3 aromatic rings. The first kappa shape index (κ1) is 17.6. The molecule has 3 aromatic carbocycles. The Balaban J connectivity index is 1.63. The summed E-state index contributed by atoms with van der Waals surface area (Å²) in [6.07, 6.45) is 0. The van der Waals surface area contributed by atoms with Crippen LogP contribution in [-0.4, -0.2) is 11.8 Å². The maximum atomic E-state index is 13.9. The van der Waals surface area contributed by atoms with Gasteiger partial charge in [0.25, 0.3) is 0 Å². The monoisotopic (exact) mass is 393 g/mol. The van der Waals surface area contributed by atoms with Gasteiger partial charge in [0.1, 0.15) is 0 Å². The molecule has 3 heteroatoms. The Morgan fingerprint density at radius 3 is 2.00 bits per heavy atom. The van der Waals surface area contributed by atoms with Crippen LogP contribution in [0.15, 0.2) is 66.7 Å². The van der Waals surface area contributed by atoms with Crippen LogP contribution in [0.25, 0.3) is 0 Å². The molecule has 3 nitrogen and oxygen atoms in total. The van der Waals surface area contributed by atoms with Crippen LogP contribution in [0, 0.1) is 25.7 Å². The highest BCUT2D eigenvalue weighted by atomic mass is 16.2. The predicted molar refractivity (Wildman–Crippen MR) is 117 cm³/mol. The third kappa shape index (κ3) is 1.86. The van der Waals surface area contributed by atoms with Crippen LogP contribution in [0.1, 0.15) is 46.2 Å². The number of rotatable bonds is 1. The van der Waals surface area contributed by atoms with E-state index >= 15 is 0 Å². The number of benzene rings is 3. The minimum absolute atomic E-state index is 0.0565. The van der Waals surface area contributed by atoms with Gasteiger partial charge in [-0.2, -0.15) is 0 Å². The summed E-state index contributed by atoms with van der Waals surface area (Å²) in [4.78, 5) is 29.3. The zero-order chi connectivity index (χ0) is 20.8. The van der Waals surface area contributed by atoms with Gasteiger partial charge in [-0.05, 0) is 53.3 Å². The molecule has 0 saturated carbocycles. The molecule has 2 bridgehead atoms. The molecule has 1 aliphatic heterocycles. The standard InChI is InChI=1S/C27H23NO2/c1-15-9-8-14-21(16(15)2)28-25(29)23-22-17-10-4-6-12-19(17)27(3,24(23)26(28)30)20-13-7-5-11-18(20)22/h4-14,22-24H,1-3H3. The SMILES string of the molecule is Cc1cccc(N2C(=O)C3C4c5ccccc5C(C)(c5ccccc54)C3C2=O)c1C. The summed E-state index contributed by atoms with van der Waals surface area (Å²) in [5.74, 6) is -0.920. The third-order valence-corrected chi connectivity index (χ3v) is 7.86. The average molecular weight is 393 g/mol. The molecule has 3 aliphatic carbocycles. The Morgan fingerprint density at radius 1 is 0.767 bits per heavy atom. The van der Waals surface area contributed by atoms with Gasteiger partial charge in [-0.25, -0.2) is 4.90 Å². The highest BCUT2D eigenvalue weighted by Crippen LogP contribution is 2.64. The van der Waals surface area contributed by atoms with E-state index in [1.54, 1.807) is 0 Å². The molecule has 2 unspecified atom stereocenters.